The molecule has 3 rings (SSSR count). The summed E-state index contributed by atoms with van der Waals surface area (Å²) in [6, 6.07) is 5.28. The van der Waals surface area contributed by atoms with Crippen LogP contribution < -0.4 is 10.6 Å². The fourth-order valence-electron chi connectivity index (χ4n) is 3.51. The van der Waals surface area contributed by atoms with E-state index in [9.17, 15) is 9.59 Å². The van der Waals surface area contributed by atoms with E-state index >= 15 is 0 Å². The van der Waals surface area contributed by atoms with Crippen LogP contribution in [0.5, 0.6) is 0 Å². The summed E-state index contributed by atoms with van der Waals surface area (Å²) in [7, 11) is 1.36. The van der Waals surface area contributed by atoms with Crippen molar-refractivity contribution in [1.82, 2.24) is 5.32 Å². The minimum atomic E-state index is -0.355. The third-order valence-corrected chi connectivity index (χ3v) is 5.00. The molecule has 1 amide bonds. The number of methoxy groups -OCH3 is 1. The van der Waals surface area contributed by atoms with E-state index in [1.54, 1.807) is 12.1 Å². The molecule has 2 aliphatic rings. The maximum atomic E-state index is 12.4. The first-order valence-electron chi connectivity index (χ1n) is 7.76. The number of carbonyl (C=O) groups excluding carboxylic acids is 2. The van der Waals surface area contributed by atoms with Gasteiger partial charge in [0, 0.05) is 11.6 Å². The van der Waals surface area contributed by atoms with Crippen molar-refractivity contribution in [1.29, 1.82) is 0 Å². The molecule has 1 aromatic rings. The van der Waals surface area contributed by atoms with E-state index in [2.05, 4.69) is 10.6 Å². The van der Waals surface area contributed by atoms with Gasteiger partial charge in [-0.1, -0.05) is 0 Å². The van der Waals surface area contributed by atoms with Gasteiger partial charge in [0.25, 0.3) is 0 Å². The molecule has 1 unspecified atom stereocenters. The average molecular weight is 302 g/mol. The van der Waals surface area contributed by atoms with Gasteiger partial charge in [0.15, 0.2) is 0 Å². The highest BCUT2D eigenvalue weighted by atomic mass is 16.5. The Balaban J connectivity index is 1.65. The second kappa shape index (κ2) is 5.72. The van der Waals surface area contributed by atoms with Gasteiger partial charge in [-0.3, -0.25) is 4.79 Å². The summed E-state index contributed by atoms with van der Waals surface area (Å²) >= 11 is 0. The number of benzene rings is 1. The highest BCUT2D eigenvalue weighted by molar-refractivity contribution is 5.96. The monoisotopic (exact) mass is 302 g/mol. The number of carbonyl (C=O) groups is 2. The molecular formula is C17H22N2O3. The van der Waals surface area contributed by atoms with Crippen molar-refractivity contribution in [3.63, 3.8) is 0 Å². The van der Waals surface area contributed by atoms with E-state index in [0.29, 0.717) is 5.56 Å². The molecule has 1 aromatic carbocycles. The van der Waals surface area contributed by atoms with Gasteiger partial charge in [-0.15, -0.1) is 0 Å². The maximum absolute atomic E-state index is 12.4. The summed E-state index contributed by atoms with van der Waals surface area (Å²) in [6.45, 7) is 3.86. The highest BCUT2D eigenvalue weighted by Crippen LogP contribution is 2.58. The van der Waals surface area contributed by atoms with Crippen LogP contribution in [0.4, 0.5) is 5.69 Å². The molecule has 1 aliphatic carbocycles. The zero-order valence-corrected chi connectivity index (χ0v) is 13.1. The zero-order chi connectivity index (χ0) is 15.7. The second-order valence-corrected chi connectivity index (χ2v) is 6.38. The Bertz CT molecular complexity index is 606. The summed E-state index contributed by atoms with van der Waals surface area (Å²) < 4.78 is 4.73. The fourth-order valence-corrected chi connectivity index (χ4v) is 3.51. The number of rotatable bonds is 3. The lowest BCUT2D eigenvalue weighted by molar-refractivity contribution is -0.118. The third-order valence-electron chi connectivity index (χ3n) is 5.00. The summed E-state index contributed by atoms with van der Waals surface area (Å²) in [5.41, 5.74) is 2.31. The SMILES string of the molecule is COC(=O)c1ccc(NC(=O)C2CC23CCNCC3)cc1C. The Labute approximate surface area is 130 Å². The molecule has 1 heterocycles. The third kappa shape index (κ3) is 2.73. The Kier molecular flexibility index (Phi) is 3.91. The van der Waals surface area contributed by atoms with E-state index in [0.717, 1.165) is 43.6 Å². The van der Waals surface area contributed by atoms with Gasteiger partial charge < -0.3 is 15.4 Å². The van der Waals surface area contributed by atoms with Crippen LogP contribution in [-0.4, -0.2) is 32.1 Å². The molecule has 1 spiro atoms. The Morgan fingerprint density at radius 1 is 1.32 bits per heavy atom. The van der Waals surface area contributed by atoms with E-state index < -0.39 is 0 Å². The second-order valence-electron chi connectivity index (χ2n) is 6.38. The number of hydrogen-bond acceptors (Lipinski definition) is 4. The molecule has 5 heteroatoms. The largest absolute Gasteiger partial charge is 0.465 e. The molecule has 0 radical (unpaired) electrons. The first-order valence-corrected chi connectivity index (χ1v) is 7.76. The lowest BCUT2D eigenvalue weighted by Gasteiger charge is -2.23. The number of esters is 1. The molecule has 1 saturated carbocycles. The van der Waals surface area contributed by atoms with E-state index in [1.807, 2.05) is 13.0 Å². The van der Waals surface area contributed by atoms with Crippen molar-refractivity contribution in [3.05, 3.63) is 29.3 Å². The van der Waals surface area contributed by atoms with E-state index in [4.69, 9.17) is 4.74 Å². The normalized spacial score (nSPS) is 22.2. The van der Waals surface area contributed by atoms with E-state index in [-0.39, 0.29) is 23.2 Å². The van der Waals surface area contributed by atoms with Crippen LogP contribution in [0.3, 0.4) is 0 Å². The Morgan fingerprint density at radius 2 is 2.05 bits per heavy atom. The van der Waals surface area contributed by atoms with Crippen LogP contribution in [0.1, 0.15) is 35.2 Å². The lowest BCUT2D eigenvalue weighted by Crippen LogP contribution is -2.31. The Hall–Kier alpha value is -1.88. The number of nitrogens with one attached hydrogen (secondary N) is 2. The van der Waals surface area contributed by atoms with Gasteiger partial charge in [-0.2, -0.15) is 0 Å². The highest BCUT2D eigenvalue weighted by Gasteiger charge is 2.57. The fraction of sp³-hybridized carbons (Fsp3) is 0.529. The van der Waals surface area contributed by atoms with Gasteiger partial charge in [0.2, 0.25) is 5.91 Å². The van der Waals surface area contributed by atoms with Crippen LogP contribution >= 0.6 is 0 Å². The predicted molar refractivity (Wildman–Crippen MR) is 83.8 cm³/mol. The van der Waals surface area contributed by atoms with Gasteiger partial charge in [0.05, 0.1) is 12.7 Å². The molecule has 22 heavy (non-hydrogen) atoms. The summed E-state index contributed by atoms with van der Waals surface area (Å²) in [5.74, 6) is -0.117. The molecule has 118 valence electrons. The molecule has 2 N–H and O–H groups in total. The number of hydrogen-bond donors (Lipinski definition) is 2. The van der Waals surface area contributed by atoms with Crippen molar-refractivity contribution < 1.29 is 14.3 Å². The lowest BCUT2D eigenvalue weighted by atomic mass is 9.92. The molecule has 1 atom stereocenters. The molecule has 0 aromatic heterocycles. The molecule has 5 nitrogen and oxygen atoms in total. The summed E-state index contributed by atoms with van der Waals surface area (Å²) in [4.78, 5) is 24.0. The first-order chi connectivity index (χ1) is 10.6. The predicted octanol–water partition coefficient (Wildman–Crippen LogP) is 2.11. The van der Waals surface area contributed by atoms with Crippen molar-refractivity contribution in [2.45, 2.75) is 26.2 Å². The van der Waals surface area contributed by atoms with Crippen molar-refractivity contribution in [3.8, 4) is 0 Å². The van der Waals surface area contributed by atoms with E-state index in [1.165, 1.54) is 7.11 Å². The average Bonchev–Trinajstić information content (AvgIpc) is 3.21. The number of piperidine rings is 1. The van der Waals surface area contributed by atoms with Crippen molar-refractivity contribution in [2.75, 3.05) is 25.5 Å². The molecular weight excluding hydrogens is 280 g/mol. The number of amides is 1. The summed E-state index contributed by atoms with van der Waals surface area (Å²) in [6.07, 6.45) is 3.18. The van der Waals surface area contributed by atoms with Crippen LogP contribution in [0.15, 0.2) is 18.2 Å². The topological polar surface area (TPSA) is 67.4 Å². The number of aryl methyl sites for hydroxylation is 1. The number of anilines is 1. The van der Waals surface area contributed by atoms with Crippen molar-refractivity contribution >= 4 is 17.6 Å². The Morgan fingerprint density at radius 3 is 2.68 bits per heavy atom. The van der Waals surface area contributed by atoms with Crippen LogP contribution in [0, 0.1) is 18.3 Å². The first kappa shape index (κ1) is 15.0. The maximum Gasteiger partial charge on any atom is 0.338 e. The zero-order valence-electron chi connectivity index (χ0n) is 13.1. The summed E-state index contributed by atoms with van der Waals surface area (Å²) in [5, 5.41) is 6.33. The minimum Gasteiger partial charge on any atom is -0.465 e. The van der Waals surface area contributed by atoms with Crippen LogP contribution in [-0.2, 0) is 9.53 Å². The molecule has 0 bridgehead atoms. The minimum absolute atomic E-state index is 0.104. The molecule has 2 fully saturated rings. The van der Waals surface area contributed by atoms with Gasteiger partial charge >= 0.3 is 5.97 Å². The smallest absolute Gasteiger partial charge is 0.338 e. The van der Waals surface area contributed by atoms with Gasteiger partial charge in [-0.25, -0.2) is 4.79 Å². The van der Waals surface area contributed by atoms with Crippen molar-refractivity contribution in [2.24, 2.45) is 11.3 Å². The van der Waals surface area contributed by atoms with Gasteiger partial charge in [-0.05, 0) is 68.5 Å². The molecule has 1 aliphatic heterocycles. The van der Waals surface area contributed by atoms with Gasteiger partial charge in [0.1, 0.15) is 0 Å². The number of ether oxygens (including phenoxy) is 1. The quantitative estimate of drug-likeness (QED) is 0.839. The van der Waals surface area contributed by atoms with Crippen LogP contribution in [0.25, 0.3) is 0 Å². The molecule has 1 saturated heterocycles. The van der Waals surface area contributed by atoms with Crippen LogP contribution in [0.2, 0.25) is 0 Å². The standard InChI is InChI=1S/C17H22N2O3/c1-11-9-12(3-4-13(11)16(21)22-2)19-15(20)14-10-17(14)5-7-18-8-6-17/h3-4,9,14,18H,5-8,10H2,1-2H3,(H,19,20).